The number of hydrogen-bond donors (Lipinski definition) is 3. The van der Waals surface area contributed by atoms with Crippen LogP contribution in [0.4, 0.5) is 0 Å². The fourth-order valence-corrected chi connectivity index (χ4v) is 10.8. The van der Waals surface area contributed by atoms with E-state index in [9.17, 15) is 19.4 Å². The summed E-state index contributed by atoms with van der Waals surface area (Å²) in [6.45, 7) is 4.96. The third-order valence-corrected chi connectivity index (χ3v) is 16.1. The molecule has 0 aromatic carbocycles. The number of amides is 1. The highest BCUT2D eigenvalue weighted by Gasteiger charge is 2.28. The van der Waals surface area contributed by atoms with Gasteiger partial charge >= 0.3 is 7.82 Å². The molecule has 0 fully saturated rings. The van der Waals surface area contributed by atoms with Crippen molar-refractivity contribution in [2.45, 2.75) is 353 Å². The number of rotatable bonds is 60. The molecule has 9 heteroatoms. The van der Waals surface area contributed by atoms with Crippen molar-refractivity contribution < 1.29 is 32.9 Å². The molecular weight excluding hydrogens is 900 g/mol. The standard InChI is InChI=1S/C62H127N2O6P/c1-6-8-10-12-14-16-18-20-22-24-26-28-29-30-31-32-33-34-36-38-40-42-44-46-48-50-52-54-56-62(66)63-60(59-70-71(67,68)69-58-57-64(3,4)5)61(65)55-53-51-49-47-45-43-41-39-37-35-27-25-23-21-19-17-15-13-11-9-7-2/h60-61,65H,6-59H2,1-5H3,(H-,63,66,67,68)/p+1. The second-order valence-electron chi connectivity index (χ2n) is 23.5. The van der Waals surface area contributed by atoms with Crippen molar-refractivity contribution in [2.24, 2.45) is 0 Å². The largest absolute Gasteiger partial charge is 0.472 e. The van der Waals surface area contributed by atoms with E-state index in [4.69, 9.17) is 9.05 Å². The minimum atomic E-state index is -4.32. The molecule has 0 aliphatic carbocycles. The van der Waals surface area contributed by atoms with Gasteiger partial charge in [-0.25, -0.2) is 4.57 Å². The third-order valence-electron chi connectivity index (χ3n) is 15.1. The van der Waals surface area contributed by atoms with E-state index < -0.39 is 20.0 Å². The lowest BCUT2D eigenvalue weighted by Gasteiger charge is -2.26. The van der Waals surface area contributed by atoms with E-state index in [1.807, 2.05) is 21.1 Å². The van der Waals surface area contributed by atoms with E-state index in [0.29, 0.717) is 23.9 Å². The fourth-order valence-electron chi connectivity index (χ4n) is 10.1. The topological polar surface area (TPSA) is 105 Å². The summed E-state index contributed by atoms with van der Waals surface area (Å²) in [4.78, 5) is 23.4. The van der Waals surface area contributed by atoms with Crippen LogP contribution in [0.3, 0.4) is 0 Å². The fraction of sp³-hybridized carbons (Fsp3) is 0.984. The number of nitrogens with zero attached hydrogens (tertiary/aromatic N) is 1. The SMILES string of the molecule is CCCCCCCCCCCCCCCCCCCCCCCCCCCCCCC(=O)NC(COP(=O)(O)OCC[N+](C)(C)C)C(O)CCCCCCCCCCCCCCCCCCCCCCC. The molecule has 0 radical (unpaired) electrons. The number of hydrogen-bond acceptors (Lipinski definition) is 5. The van der Waals surface area contributed by atoms with E-state index in [-0.39, 0.29) is 19.1 Å². The van der Waals surface area contributed by atoms with Crippen LogP contribution in [-0.2, 0) is 18.4 Å². The molecule has 3 N–H and O–H groups in total. The molecule has 0 aliphatic heterocycles. The van der Waals surface area contributed by atoms with E-state index >= 15 is 0 Å². The van der Waals surface area contributed by atoms with E-state index in [2.05, 4.69) is 19.2 Å². The smallest absolute Gasteiger partial charge is 0.391 e. The molecule has 0 saturated carbocycles. The number of phosphoric ester groups is 1. The number of nitrogens with one attached hydrogen (secondary N) is 1. The predicted octanol–water partition coefficient (Wildman–Crippen LogP) is 19.6. The molecule has 0 spiro atoms. The zero-order valence-corrected chi connectivity index (χ0v) is 49.7. The van der Waals surface area contributed by atoms with Gasteiger partial charge in [0.15, 0.2) is 0 Å². The Morgan fingerprint density at radius 1 is 0.423 bits per heavy atom. The summed E-state index contributed by atoms with van der Waals surface area (Å²) >= 11 is 0. The molecule has 8 nitrogen and oxygen atoms in total. The number of aliphatic hydroxyl groups is 1. The monoisotopic (exact) mass is 1030 g/mol. The molecule has 426 valence electrons. The number of quaternary nitrogens is 1. The Morgan fingerprint density at radius 3 is 0.944 bits per heavy atom. The van der Waals surface area contributed by atoms with Gasteiger partial charge in [-0.3, -0.25) is 13.8 Å². The van der Waals surface area contributed by atoms with E-state index in [1.165, 1.54) is 276 Å². The maximum atomic E-state index is 13.0. The molecule has 0 aromatic heterocycles. The second-order valence-corrected chi connectivity index (χ2v) is 25.0. The summed E-state index contributed by atoms with van der Waals surface area (Å²) in [7, 11) is 1.64. The Morgan fingerprint density at radius 2 is 0.676 bits per heavy atom. The Hall–Kier alpha value is -0.500. The number of phosphoric acid groups is 1. The van der Waals surface area contributed by atoms with Crippen LogP contribution >= 0.6 is 7.82 Å². The van der Waals surface area contributed by atoms with Gasteiger partial charge in [-0.05, 0) is 12.8 Å². The average molecular weight is 1030 g/mol. The lowest BCUT2D eigenvalue weighted by molar-refractivity contribution is -0.870. The van der Waals surface area contributed by atoms with Crippen molar-refractivity contribution in [2.75, 3.05) is 40.9 Å². The van der Waals surface area contributed by atoms with Gasteiger partial charge in [-0.2, -0.15) is 0 Å². The molecule has 3 unspecified atom stereocenters. The summed E-state index contributed by atoms with van der Waals surface area (Å²) < 4.78 is 23.8. The van der Waals surface area contributed by atoms with Crippen LogP contribution in [0.25, 0.3) is 0 Å². The first-order valence-electron chi connectivity index (χ1n) is 31.9. The Labute approximate surface area is 444 Å². The summed E-state index contributed by atoms with van der Waals surface area (Å²) in [5.41, 5.74) is 0. The number of carbonyl (C=O) groups is 1. The highest BCUT2D eigenvalue weighted by molar-refractivity contribution is 7.47. The molecule has 3 atom stereocenters. The van der Waals surface area contributed by atoms with Crippen LogP contribution in [-0.4, -0.2) is 73.4 Å². The molecule has 0 aromatic rings. The van der Waals surface area contributed by atoms with Gasteiger partial charge in [0.25, 0.3) is 0 Å². The Kier molecular flexibility index (Phi) is 53.9. The van der Waals surface area contributed by atoms with Gasteiger partial charge in [0.1, 0.15) is 13.2 Å². The molecule has 1 amide bonds. The van der Waals surface area contributed by atoms with Crippen molar-refractivity contribution in [1.82, 2.24) is 5.32 Å². The van der Waals surface area contributed by atoms with Crippen LogP contribution in [0.15, 0.2) is 0 Å². The molecule has 71 heavy (non-hydrogen) atoms. The summed E-state index contributed by atoms with van der Waals surface area (Å²) in [6.07, 6.45) is 66.1. The van der Waals surface area contributed by atoms with Crippen molar-refractivity contribution in [3.05, 3.63) is 0 Å². The first kappa shape index (κ1) is 70.5. The van der Waals surface area contributed by atoms with Gasteiger partial charge < -0.3 is 19.8 Å². The zero-order chi connectivity index (χ0) is 52.0. The maximum absolute atomic E-state index is 13.0. The third kappa shape index (κ3) is 57.1. The molecule has 0 heterocycles. The first-order chi connectivity index (χ1) is 34.5. The minimum absolute atomic E-state index is 0.0793. The van der Waals surface area contributed by atoms with Crippen LogP contribution in [0.5, 0.6) is 0 Å². The number of likely N-dealkylation sites (N-methyl/N-ethyl adjacent to an activating group) is 1. The van der Waals surface area contributed by atoms with Crippen LogP contribution < -0.4 is 5.32 Å². The molecule has 0 aliphatic rings. The summed E-state index contributed by atoms with van der Waals surface area (Å²) in [5, 5.41) is 14.1. The molecule has 0 saturated heterocycles. The first-order valence-corrected chi connectivity index (χ1v) is 33.4. The highest BCUT2D eigenvalue weighted by atomic mass is 31.2. The predicted molar refractivity (Wildman–Crippen MR) is 309 cm³/mol. The minimum Gasteiger partial charge on any atom is -0.391 e. The summed E-state index contributed by atoms with van der Waals surface area (Å²) in [5.74, 6) is -0.134. The Bertz CT molecular complexity index is 1120. The van der Waals surface area contributed by atoms with Crippen LogP contribution in [0.1, 0.15) is 341 Å². The molecular formula is C62H128N2O6P+. The summed E-state index contributed by atoms with van der Waals surface area (Å²) in [6, 6.07) is -0.756. The van der Waals surface area contributed by atoms with Gasteiger partial charge in [-0.15, -0.1) is 0 Å². The second kappa shape index (κ2) is 54.3. The number of aliphatic hydroxyl groups excluding tert-OH is 1. The number of carbonyl (C=O) groups excluding carboxylic acids is 1. The van der Waals surface area contributed by atoms with Crippen LogP contribution in [0, 0.1) is 0 Å². The van der Waals surface area contributed by atoms with Crippen molar-refractivity contribution in [1.29, 1.82) is 0 Å². The average Bonchev–Trinajstić information content (AvgIpc) is 3.33. The quantitative estimate of drug-likeness (QED) is 0.0318. The zero-order valence-electron chi connectivity index (χ0n) is 48.8. The van der Waals surface area contributed by atoms with Gasteiger partial charge in [-0.1, -0.05) is 322 Å². The lowest BCUT2D eigenvalue weighted by atomic mass is 10.0. The van der Waals surface area contributed by atoms with E-state index in [0.717, 1.165) is 38.5 Å². The maximum Gasteiger partial charge on any atom is 0.472 e. The van der Waals surface area contributed by atoms with Gasteiger partial charge in [0, 0.05) is 6.42 Å². The number of unbranched alkanes of at least 4 members (excludes halogenated alkanes) is 47. The van der Waals surface area contributed by atoms with Gasteiger partial charge in [0.2, 0.25) is 5.91 Å². The highest BCUT2D eigenvalue weighted by Crippen LogP contribution is 2.43. The molecule has 0 rings (SSSR count). The lowest BCUT2D eigenvalue weighted by Crippen LogP contribution is -2.46. The van der Waals surface area contributed by atoms with Crippen LogP contribution in [0.2, 0.25) is 0 Å². The van der Waals surface area contributed by atoms with Crippen molar-refractivity contribution in [3.63, 3.8) is 0 Å². The van der Waals surface area contributed by atoms with Gasteiger partial charge in [0.05, 0.1) is 39.9 Å². The molecule has 0 bridgehead atoms. The van der Waals surface area contributed by atoms with E-state index in [1.54, 1.807) is 0 Å². The normalized spacial score (nSPS) is 13.7. The van der Waals surface area contributed by atoms with Crippen molar-refractivity contribution >= 4 is 13.7 Å². The van der Waals surface area contributed by atoms with Crippen molar-refractivity contribution in [3.8, 4) is 0 Å². The Balaban J connectivity index is 4.03.